The van der Waals surface area contributed by atoms with Crippen LogP contribution in [0.2, 0.25) is 5.02 Å². The summed E-state index contributed by atoms with van der Waals surface area (Å²) < 4.78 is 9.22. The lowest BCUT2D eigenvalue weighted by Gasteiger charge is -2.11. The average molecular weight is 386 g/mol. The van der Waals surface area contributed by atoms with Gasteiger partial charge in [-0.15, -0.1) is 0 Å². The molecule has 108 valence electrons. The summed E-state index contributed by atoms with van der Waals surface area (Å²) >= 11 is 10.8. The van der Waals surface area contributed by atoms with Gasteiger partial charge < -0.3 is 10.6 Å². The van der Waals surface area contributed by atoms with Crippen LogP contribution in [0.25, 0.3) is 11.0 Å². The van der Waals surface area contributed by atoms with E-state index in [1.54, 1.807) is 12.3 Å². The molecular weight excluding hydrogens is 376 g/mol. The van der Waals surface area contributed by atoms with E-state index >= 15 is 0 Å². The van der Waals surface area contributed by atoms with E-state index in [4.69, 9.17) is 11.6 Å². The molecule has 0 saturated heterocycles. The van der Waals surface area contributed by atoms with Crippen LogP contribution in [0.4, 0.5) is 17.5 Å². The first-order valence-corrected chi connectivity index (χ1v) is 8.03. The number of nitrogens with zero attached hydrogens (tertiary/aromatic N) is 4. The van der Waals surface area contributed by atoms with Crippen molar-refractivity contribution in [2.24, 2.45) is 0 Å². The summed E-state index contributed by atoms with van der Waals surface area (Å²) in [7, 11) is 0. The van der Waals surface area contributed by atoms with Gasteiger partial charge in [0.15, 0.2) is 0 Å². The van der Waals surface area contributed by atoms with Crippen molar-refractivity contribution in [2.75, 3.05) is 17.2 Å². The Balaban J connectivity index is 2.04. The van der Waals surface area contributed by atoms with Gasteiger partial charge in [0.25, 0.3) is 0 Å². The molecule has 0 amide bonds. The highest BCUT2D eigenvalue weighted by Gasteiger charge is 2.13. The molecule has 3 aromatic rings. The maximum absolute atomic E-state index is 6.26. The van der Waals surface area contributed by atoms with Crippen molar-refractivity contribution in [3.8, 4) is 0 Å². The van der Waals surface area contributed by atoms with Crippen LogP contribution in [0.3, 0.4) is 0 Å². The fourth-order valence-electron chi connectivity index (χ4n) is 1.76. The predicted octanol–water partition coefficient (Wildman–Crippen LogP) is 4.07. The molecule has 0 spiro atoms. The molecule has 1 aromatic carbocycles. The second kappa shape index (κ2) is 6.08. The lowest BCUT2D eigenvalue weighted by atomic mass is 10.2. The van der Waals surface area contributed by atoms with Gasteiger partial charge in [0.1, 0.15) is 16.9 Å². The zero-order chi connectivity index (χ0) is 14.8. The Bertz CT molecular complexity index is 793. The van der Waals surface area contributed by atoms with Gasteiger partial charge in [-0.2, -0.15) is 13.7 Å². The molecule has 0 fully saturated rings. The maximum Gasteiger partial charge on any atom is 0.224 e. The Labute approximate surface area is 138 Å². The van der Waals surface area contributed by atoms with E-state index in [1.807, 2.05) is 13.0 Å². The molecule has 0 atom stereocenters. The molecule has 0 bridgehead atoms. The Hall–Kier alpha value is -1.51. The molecule has 9 heteroatoms. The predicted molar refractivity (Wildman–Crippen MR) is 89.6 cm³/mol. The molecule has 2 N–H and O–H groups in total. The molecule has 0 aliphatic heterocycles. The molecule has 0 aliphatic rings. The van der Waals surface area contributed by atoms with Gasteiger partial charge in [-0.3, -0.25) is 0 Å². The summed E-state index contributed by atoms with van der Waals surface area (Å²) in [6.45, 7) is 2.73. The number of halogens is 2. The van der Waals surface area contributed by atoms with Crippen molar-refractivity contribution in [1.82, 2.24) is 18.7 Å². The molecule has 0 aliphatic carbocycles. The van der Waals surface area contributed by atoms with Gasteiger partial charge in [-0.1, -0.05) is 11.6 Å². The number of benzene rings is 1. The number of nitrogens with one attached hydrogen (secondary N) is 2. The van der Waals surface area contributed by atoms with Crippen molar-refractivity contribution >= 4 is 67.7 Å². The van der Waals surface area contributed by atoms with Crippen LogP contribution in [0.1, 0.15) is 6.92 Å². The minimum atomic E-state index is 0.544. The van der Waals surface area contributed by atoms with Crippen molar-refractivity contribution in [1.29, 1.82) is 0 Å². The zero-order valence-corrected chi connectivity index (χ0v) is 14.1. The van der Waals surface area contributed by atoms with E-state index in [1.165, 1.54) is 0 Å². The van der Waals surface area contributed by atoms with Crippen LogP contribution in [-0.4, -0.2) is 25.3 Å². The molecular formula is C12H10BrClN6S. The number of fused-ring (bicyclic) bond motifs is 1. The van der Waals surface area contributed by atoms with Crippen molar-refractivity contribution in [2.45, 2.75) is 6.92 Å². The third-order valence-electron chi connectivity index (χ3n) is 2.70. The van der Waals surface area contributed by atoms with E-state index in [9.17, 15) is 0 Å². The first kappa shape index (κ1) is 14.4. The normalized spacial score (nSPS) is 10.8. The van der Waals surface area contributed by atoms with Crippen LogP contribution < -0.4 is 10.6 Å². The summed E-state index contributed by atoms with van der Waals surface area (Å²) in [6, 6.07) is 3.62. The molecule has 6 nitrogen and oxygen atoms in total. The Kier molecular flexibility index (Phi) is 4.18. The molecule has 0 radical (unpaired) electrons. The minimum Gasteiger partial charge on any atom is -0.354 e. The largest absolute Gasteiger partial charge is 0.354 e. The monoisotopic (exact) mass is 384 g/mol. The highest BCUT2D eigenvalue weighted by atomic mass is 79.9. The van der Waals surface area contributed by atoms with Gasteiger partial charge in [-0.25, -0.2) is 4.98 Å². The van der Waals surface area contributed by atoms with Crippen molar-refractivity contribution in [3.63, 3.8) is 0 Å². The fraction of sp³-hybridized carbons (Fsp3) is 0.167. The quantitative estimate of drug-likeness (QED) is 0.705. The minimum absolute atomic E-state index is 0.544. The number of aromatic nitrogens is 4. The van der Waals surface area contributed by atoms with Crippen LogP contribution >= 0.6 is 39.3 Å². The van der Waals surface area contributed by atoms with E-state index in [0.717, 1.165) is 33.8 Å². The summed E-state index contributed by atoms with van der Waals surface area (Å²) in [5.41, 5.74) is 2.21. The van der Waals surface area contributed by atoms with Crippen LogP contribution in [-0.2, 0) is 0 Å². The summed E-state index contributed by atoms with van der Waals surface area (Å²) in [5, 5.41) is 6.83. The topological polar surface area (TPSA) is 75.6 Å². The fourth-order valence-corrected chi connectivity index (χ4v) is 2.79. The molecule has 0 saturated carbocycles. The van der Waals surface area contributed by atoms with E-state index in [0.29, 0.717) is 22.5 Å². The standard InChI is InChI=1S/C12H10BrClN6S/c1-2-15-12-16-5-6(13)11(18-12)17-9-7(14)3-4-8-10(9)20-21-19-8/h3-5H,2H2,1H3,(H2,15,16,17,18). The van der Waals surface area contributed by atoms with Crippen molar-refractivity contribution < 1.29 is 0 Å². The van der Waals surface area contributed by atoms with Gasteiger partial charge >= 0.3 is 0 Å². The van der Waals surface area contributed by atoms with Crippen LogP contribution in [0, 0.1) is 0 Å². The summed E-state index contributed by atoms with van der Waals surface area (Å²) in [5.74, 6) is 1.16. The zero-order valence-electron chi connectivity index (χ0n) is 10.9. The highest BCUT2D eigenvalue weighted by Crippen LogP contribution is 2.34. The second-order valence-electron chi connectivity index (χ2n) is 4.10. The van der Waals surface area contributed by atoms with E-state index < -0.39 is 0 Å². The van der Waals surface area contributed by atoms with E-state index in [2.05, 4.69) is 45.3 Å². The highest BCUT2D eigenvalue weighted by molar-refractivity contribution is 9.10. The van der Waals surface area contributed by atoms with Crippen molar-refractivity contribution in [3.05, 3.63) is 27.8 Å². The molecule has 2 aromatic heterocycles. The Morgan fingerprint density at radius 3 is 3.00 bits per heavy atom. The maximum atomic E-state index is 6.26. The number of hydrogen-bond donors (Lipinski definition) is 2. The third kappa shape index (κ3) is 2.92. The van der Waals surface area contributed by atoms with Crippen LogP contribution in [0.5, 0.6) is 0 Å². The smallest absolute Gasteiger partial charge is 0.224 e. The summed E-state index contributed by atoms with van der Waals surface area (Å²) in [6.07, 6.45) is 1.68. The first-order chi connectivity index (χ1) is 10.2. The Morgan fingerprint density at radius 2 is 2.19 bits per heavy atom. The molecule has 21 heavy (non-hydrogen) atoms. The third-order valence-corrected chi connectivity index (χ3v) is 4.14. The van der Waals surface area contributed by atoms with Gasteiger partial charge in [0.2, 0.25) is 5.95 Å². The lowest BCUT2D eigenvalue weighted by Crippen LogP contribution is -2.05. The van der Waals surface area contributed by atoms with Crippen LogP contribution in [0.15, 0.2) is 22.8 Å². The average Bonchev–Trinajstić information content (AvgIpc) is 2.94. The van der Waals surface area contributed by atoms with Gasteiger partial charge in [0.05, 0.1) is 26.9 Å². The molecule has 3 rings (SSSR count). The van der Waals surface area contributed by atoms with Gasteiger partial charge in [-0.05, 0) is 35.0 Å². The first-order valence-electron chi connectivity index (χ1n) is 6.13. The Morgan fingerprint density at radius 1 is 1.33 bits per heavy atom. The number of hydrogen-bond acceptors (Lipinski definition) is 7. The number of anilines is 3. The second-order valence-corrected chi connectivity index (χ2v) is 5.89. The summed E-state index contributed by atoms with van der Waals surface area (Å²) in [4.78, 5) is 8.58. The molecule has 2 heterocycles. The lowest BCUT2D eigenvalue weighted by molar-refractivity contribution is 1.08. The molecule has 0 unspecified atom stereocenters. The SMILES string of the molecule is CCNc1ncc(Br)c(Nc2c(Cl)ccc3nsnc23)n1. The van der Waals surface area contributed by atoms with Gasteiger partial charge in [0, 0.05) is 12.7 Å². The van der Waals surface area contributed by atoms with E-state index in [-0.39, 0.29) is 0 Å². The number of rotatable bonds is 4.